The number of carbonyl (C=O) groups excluding carboxylic acids is 1. The molecule has 3 N–H and O–H groups in total. The zero-order valence-corrected chi connectivity index (χ0v) is 11.0. The molecule has 0 atom stereocenters. The number of pyridine rings is 2. The number of nitrogen functional groups attached to an aromatic ring is 1. The number of amides is 1. The highest BCUT2D eigenvalue weighted by Crippen LogP contribution is 2.11. The van der Waals surface area contributed by atoms with Crippen LogP contribution < -0.4 is 11.1 Å². The fourth-order valence-corrected chi connectivity index (χ4v) is 1.65. The molecule has 0 saturated carbocycles. The maximum atomic E-state index is 12.1. The van der Waals surface area contributed by atoms with Crippen LogP contribution in [-0.4, -0.2) is 15.9 Å². The van der Waals surface area contributed by atoms with Crippen LogP contribution in [0.15, 0.2) is 30.5 Å². The highest BCUT2D eigenvalue weighted by atomic mass is 16.1. The summed E-state index contributed by atoms with van der Waals surface area (Å²) < 4.78 is 0. The second-order valence-electron chi connectivity index (χ2n) is 4.30. The number of carbonyl (C=O) groups is 1. The molecule has 0 radical (unpaired) electrons. The van der Waals surface area contributed by atoms with Gasteiger partial charge in [0.2, 0.25) is 0 Å². The minimum Gasteiger partial charge on any atom is -0.384 e. The van der Waals surface area contributed by atoms with Crippen molar-refractivity contribution in [3.8, 4) is 0 Å². The van der Waals surface area contributed by atoms with Crippen LogP contribution in [0.3, 0.4) is 0 Å². The predicted molar refractivity (Wildman–Crippen MR) is 75.0 cm³/mol. The van der Waals surface area contributed by atoms with Crippen molar-refractivity contribution >= 4 is 17.5 Å². The standard InChI is InChI=1S/C14H16N4O/c1-3-11-6-10(7-12(15)17-11)14(19)18-13-5-4-9(2)8-16-13/h4-8H,3H2,1-2H3,(H2,15,17)(H,16,18,19). The van der Waals surface area contributed by atoms with E-state index in [1.54, 1.807) is 24.4 Å². The van der Waals surface area contributed by atoms with Gasteiger partial charge < -0.3 is 11.1 Å². The van der Waals surface area contributed by atoms with Gasteiger partial charge in [-0.1, -0.05) is 13.0 Å². The average molecular weight is 256 g/mol. The summed E-state index contributed by atoms with van der Waals surface area (Å²) in [5.41, 5.74) is 8.01. The highest BCUT2D eigenvalue weighted by Gasteiger charge is 2.09. The molecule has 2 aromatic rings. The molecule has 98 valence electrons. The van der Waals surface area contributed by atoms with Gasteiger partial charge in [0.1, 0.15) is 11.6 Å². The van der Waals surface area contributed by atoms with E-state index in [2.05, 4.69) is 15.3 Å². The SMILES string of the molecule is CCc1cc(C(=O)Nc2ccc(C)cn2)cc(N)n1. The van der Waals surface area contributed by atoms with Crippen molar-refractivity contribution in [3.05, 3.63) is 47.3 Å². The molecule has 0 aromatic carbocycles. The van der Waals surface area contributed by atoms with E-state index in [9.17, 15) is 4.79 Å². The van der Waals surface area contributed by atoms with Gasteiger partial charge in [-0.15, -0.1) is 0 Å². The van der Waals surface area contributed by atoms with Gasteiger partial charge in [0.05, 0.1) is 0 Å². The van der Waals surface area contributed by atoms with Crippen LogP contribution in [0.25, 0.3) is 0 Å². The fraction of sp³-hybridized carbons (Fsp3) is 0.214. The third kappa shape index (κ3) is 3.28. The quantitative estimate of drug-likeness (QED) is 0.882. The molecule has 1 amide bonds. The maximum Gasteiger partial charge on any atom is 0.257 e. The minimum atomic E-state index is -0.236. The first-order valence-corrected chi connectivity index (χ1v) is 6.09. The lowest BCUT2D eigenvalue weighted by atomic mass is 10.2. The molecule has 0 spiro atoms. The maximum absolute atomic E-state index is 12.1. The van der Waals surface area contributed by atoms with E-state index in [0.717, 1.165) is 17.7 Å². The normalized spacial score (nSPS) is 10.2. The molecule has 0 unspecified atom stereocenters. The Balaban J connectivity index is 2.20. The van der Waals surface area contributed by atoms with E-state index in [1.807, 2.05) is 19.9 Å². The molecule has 0 bridgehead atoms. The second-order valence-corrected chi connectivity index (χ2v) is 4.30. The van der Waals surface area contributed by atoms with Crippen LogP contribution in [-0.2, 0) is 6.42 Å². The lowest BCUT2D eigenvalue weighted by Gasteiger charge is -2.07. The summed E-state index contributed by atoms with van der Waals surface area (Å²) in [6, 6.07) is 6.95. The number of hydrogen-bond acceptors (Lipinski definition) is 4. The molecule has 19 heavy (non-hydrogen) atoms. The first-order chi connectivity index (χ1) is 9.08. The Morgan fingerprint density at radius 3 is 2.79 bits per heavy atom. The number of nitrogens with two attached hydrogens (primary N) is 1. The molecule has 2 heterocycles. The van der Waals surface area contributed by atoms with Gasteiger partial charge in [-0.2, -0.15) is 0 Å². The predicted octanol–water partition coefficient (Wildman–Crippen LogP) is 2.18. The topological polar surface area (TPSA) is 80.9 Å². The third-order valence-electron chi connectivity index (χ3n) is 2.68. The van der Waals surface area contributed by atoms with Crippen LogP contribution in [0.4, 0.5) is 11.6 Å². The molecule has 5 heteroatoms. The lowest BCUT2D eigenvalue weighted by molar-refractivity contribution is 0.102. The smallest absolute Gasteiger partial charge is 0.257 e. The summed E-state index contributed by atoms with van der Waals surface area (Å²) in [5, 5.41) is 2.73. The van der Waals surface area contributed by atoms with Crippen molar-refractivity contribution in [1.29, 1.82) is 0 Å². The van der Waals surface area contributed by atoms with Crippen molar-refractivity contribution in [2.45, 2.75) is 20.3 Å². The summed E-state index contributed by atoms with van der Waals surface area (Å²) in [5.74, 6) is 0.630. The molecule has 0 saturated heterocycles. The number of aryl methyl sites for hydroxylation is 2. The largest absolute Gasteiger partial charge is 0.384 e. The Labute approximate surface area is 111 Å². The van der Waals surface area contributed by atoms with Crippen LogP contribution in [0, 0.1) is 6.92 Å². The van der Waals surface area contributed by atoms with Crippen LogP contribution in [0.2, 0.25) is 0 Å². The van der Waals surface area contributed by atoms with E-state index in [0.29, 0.717) is 17.2 Å². The molecule has 0 fully saturated rings. The van der Waals surface area contributed by atoms with Gasteiger partial charge in [0.25, 0.3) is 5.91 Å². The summed E-state index contributed by atoms with van der Waals surface area (Å²) in [6.45, 7) is 3.90. The Morgan fingerprint density at radius 2 is 2.16 bits per heavy atom. The molecule has 5 nitrogen and oxygen atoms in total. The summed E-state index contributed by atoms with van der Waals surface area (Å²) >= 11 is 0. The van der Waals surface area contributed by atoms with Crippen molar-refractivity contribution in [2.75, 3.05) is 11.1 Å². The van der Waals surface area contributed by atoms with Crippen molar-refractivity contribution in [3.63, 3.8) is 0 Å². The average Bonchev–Trinajstić information content (AvgIpc) is 2.40. The fourth-order valence-electron chi connectivity index (χ4n) is 1.65. The van der Waals surface area contributed by atoms with Crippen molar-refractivity contribution in [2.24, 2.45) is 0 Å². The molecule has 0 aliphatic rings. The number of anilines is 2. The Bertz CT molecular complexity index is 593. The molecule has 0 aliphatic heterocycles. The van der Waals surface area contributed by atoms with Gasteiger partial charge in [-0.25, -0.2) is 9.97 Å². The van der Waals surface area contributed by atoms with Gasteiger partial charge in [-0.3, -0.25) is 4.79 Å². The monoisotopic (exact) mass is 256 g/mol. The van der Waals surface area contributed by atoms with Crippen LogP contribution in [0.5, 0.6) is 0 Å². The molecular formula is C14H16N4O. The van der Waals surface area contributed by atoms with Gasteiger partial charge >= 0.3 is 0 Å². The van der Waals surface area contributed by atoms with Crippen molar-refractivity contribution < 1.29 is 4.79 Å². The zero-order valence-electron chi connectivity index (χ0n) is 11.0. The Kier molecular flexibility index (Phi) is 3.75. The van der Waals surface area contributed by atoms with Crippen molar-refractivity contribution in [1.82, 2.24) is 9.97 Å². The zero-order chi connectivity index (χ0) is 13.8. The van der Waals surface area contributed by atoms with E-state index < -0.39 is 0 Å². The molecule has 2 rings (SSSR count). The second kappa shape index (κ2) is 5.48. The first kappa shape index (κ1) is 13.0. The van der Waals surface area contributed by atoms with Crippen LogP contribution >= 0.6 is 0 Å². The van der Waals surface area contributed by atoms with E-state index in [1.165, 1.54) is 0 Å². The van der Waals surface area contributed by atoms with E-state index in [4.69, 9.17) is 5.73 Å². The third-order valence-corrected chi connectivity index (χ3v) is 2.68. The molecule has 2 aromatic heterocycles. The number of nitrogens with one attached hydrogen (secondary N) is 1. The number of hydrogen-bond donors (Lipinski definition) is 2. The van der Waals surface area contributed by atoms with Gasteiger partial charge in [0, 0.05) is 17.5 Å². The minimum absolute atomic E-state index is 0.236. The number of rotatable bonds is 3. The summed E-state index contributed by atoms with van der Waals surface area (Å²) in [6.07, 6.45) is 2.43. The Morgan fingerprint density at radius 1 is 1.37 bits per heavy atom. The number of nitrogens with zero attached hydrogens (tertiary/aromatic N) is 2. The summed E-state index contributed by atoms with van der Waals surface area (Å²) in [7, 11) is 0. The molecule has 0 aliphatic carbocycles. The summed E-state index contributed by atoms with van der Waals surface area (Å²) in [4.78, 5) is 20.4. The Hall–Kier alpha value is -2.43. The molecular weight excluding hydrogens is 240 g/mol. The number of aromatic nitrogens is 2. The van der Waals surface area contributed by atoms with Gasteiger partial charge in [-0.05, 0) is 37.1 Å². The van der Waals surface area contributed by atoms with Crippen LogP contribution in [0.1, 0.15) is 28.5 Å². The van der Waals surface area contributed by atoms with E-state index >= 15 is 0 Å². The van der Waals surface area contributed by atoms with Gasteiger partial charge in [0.15, 0.2) is 0 Å². The highest BCUT2D eigenvalue weighted by molar-refractivity contribution is 6.04. The lowest BCUT2D eigenvalue weighted by Crippen LogP contribution is -2.14. The first-order valence-electron chi connectivity index (χ1n) is 6.09. The van der Waals surface area contributed by atoms with E-state index in [-0.39, 0.29) is 5.91 Å².